The third-order valence-electron chi connectivity index (χ3n) is 3.81. The van der Waals surface area contributed by atoms with Gasteiger partial charge in [0.1, 0.15) is 0 Å². The van der Waals surface area contributed by atoms with Crippen molar-refractivity contribution >= 4 is 0 Å². The fraction of sp³-hybridized carbons (Fsp3) is 0.533. The van der Waals surface area contributed by atoms with Crippen LogP contribution < -0.4 is 5.32 Å². The first-order chi connectivity index (χ1) is 8.63. The standard InChI is InChI=1S/C15H20N2O/c1-12(14-6-4-13(10-16)5-7-14)17-11-15(18)8-2-3-9-15/h4-7,12,17-18H,2-3,8-9,11H2,1H3. The highest BCUT2D eigenvalue weighted by atomic mass is 16.3. The first-order valence-corrected chi connectivity index (χ1v) is 6.59. The van der Waals surface area contributed by atoms with Crippen LogP contribution in [0, 0.1) is 11.3 Å². The molecule has 1 fully saturated rings. The zero-order chi connectivity index (χ0) is 13.0. The van der Waals surface area contributed by atoms with E-state index in [1.165, 1.54) is 0 Å². The van der Waals surface area contributed by atoms with E-state index in [2.05, 4.69) is 18.3 Å². The average Bonchev–Trinajstić information content (AvgIpc) is 2.83. The number of nitriles is 1. The van der Waals surface area contributed by atoms with Crippen LogP contribution in [0.1, 0.15) is 49.8 Å². The first-order valence-electron chi connectivity index (χ1n) is 6.59. The lowest BCUT2D eigenvalue weighted by Gasteiger charge is -2.25. The van der Waals surface area contributed by atoms with Gasteiger partial charge in [-0.2, -0.15) is 5.26 Å². The molecule has 96 valence electrons. The zero-order valence-electron chi connectivity index (χ0n) is 10.8. The monoisotopic (exact) mass is 244 g/mol. The van der Waals surface area contributed by atoms with Crippen molar-refractivity contribution in [1.82, 2.24) is 5.32 Å². The largest absolute Gasteiger partial charge is 0.389 e. The van der Waals surface area contributed by atoms with Crippen LogP contribution in [0.25, 0.3) is 0 Å². The Hall–Kier alpha value is -1.37. The van der Waals surface area contributed by atoms with E-state index in [1.54, 1.807) is 0 Å². The van der Waals surface area contributed by atoms with Crippen LogP contribution >= 0.6 is 0 Å². The van der Waals surface area contributed by atoms with E-state index >= 15 is 0 Å². The van der Waals surface area contributed by atoms with Gasteiger partial charge in [0.15, 0.2) is 0 Å². The van der Waals surface area contributed by atoms with E-state index in [-0.39, 0.29) is 6.04 Å². The van der Waals surface area contributed by atoms with Gasteiger partial charge in [-0.25, -0.2) is 0 Å². The summed E-state index contributed by atoms with van der Waals surface area (Å²) in [6, 6.07) is 9.91. The van der Waals surface area contributed by atoms with Crippen molar-refractivity contribution in [2.45, 2.75) is 44.2 Å². The number of rotatable bonds is 4. The Morgan fingerprint density at radius 2 is 1.94 bits per heavy atom. The van der Waals surface area contributed by atoms with E-state index in [9.17, 15) is 5.11 Å². The summed E-state index contributed by atoms with van der Waals surface area (Å²) in [7, 11) is 0. The lowest BCUT2D eigenvalue weighted by molar-refractivity contribution is 0.0453. The molecule has 0 radical (unpaired) electrons. The molecular weight excluding hydrogens is 224 g/mol. The molecule has 1 saturated carbocycles. The molecule has 1 aliphatic rings. The Labute approximate surface area is 108 Å². The molecule has 3 heteroatoms. The van der Waals surface area contributed by atoms with Gasteiger partial charge in [-0.3, -0.25) is 0 Å². The van der Waals surface area contributed by atoms with Gasteiger partial charge in [-0.1, -0.05) is 25.0 Å². The Bertz CT molecular complexity index is 427. The maximum atomic E-state index is 10.3. The molecule has 2 rings (SSSR count). The molecule has 3 nitrogen and oxygen atoms in total. The molecule has 2 N–H and O–H groups in total. The Morgan fingerprint density at radius 1 is 1.33 bits per heavy atom. The van der Waals surface area contributed by atoms with Crippen LogP contribution in [0.2, 0.25) is 0 Å². The smallest absolute Gasteiger partial charge is 0.0991 e. The van der Waals surface area contributed by atoms with Crippen molar-refractivity contribution in [3.8, 4) is 6.07 Å². The molecule has 1 aliphatic carbocycles. The van der Waals surface area contributed by atoms with Crippen LogP contribution in [0.3, 0.4) is 0 Å². The molecule has 1 unspecified atom stereocenters. The molecule has 1 aromatic rings. The van der Waals surface area contributed by atoms with Crippen molar-refractivity contribution < 1.29 is 5.11 Å². The zero-order valence-corrected chi connectivity index (χ0v) is 10.8. The van der Waals surface area contributed by atoms with Gasteiger partial charge in [0.2, 0.25) is 0 Å². The second-order valence-electron chi connectivity index (χ2n) is 5.27. The second kappa shape index (κ2) is 5.51. The van der Waals surface area contributed by atoms with Gasteiger partial charge >= 0.3 is 0 Å². The number of benzene rings is 1. The van der Waals surface area contributed by atoms with Crippen molar-refractivity contribution in [3.05, 3.63) is 35.4 Å². The SMILES string of the molecule is CC(NCC1(O)CCCC1)c1ccc(C#N)cc1. The molecule has 0 bridgehead atoms. The average molecular weight is 244 g/mol. The fourth-order valence-electron chi connectivity index (χ4n) is 2.52. The Morgan fingerprint density at radius 3 is 2.50 bits per heavy atom. The third-order valence-corrected chi connectivity index (χ3v) is 3.81. The van der Waals surface area contributed by atoms with Gasteiger partial charge in [0.05, 0.1) is 17.2 Å². The third kappa shape index (κ3) is 3.10. The minimum absolute atomic E-state index is 0.197. The van der Waals surface area contributed by atoms with Crippen LogP contribution in [0.5, 0.6) is 0 Å². The molecule has 1 aromatic carbocycles. The van der Waals surface area contributed by atoms with Gasteiger partial charge in [-0.15, -0.1) is 0 Å². The van der Waals surface area contributed by atoms with E-state index < -0.39 is 5.60 Å². The highest BCUT2D eigenvalue weighted by molar-refractivity contribution is 5.32. The number of hydrogen-bond donors (Lipinski definition) is 2. The van der Waals surface area contributed by atoms with Crippen LogP contribution in [-0.2, 0) is 0 Å². The maximum Gasteiger partial charge on any atom is 0.0991 e. The van der Waals surface area contributed by atoms with Crippen molar-refractivity contribution in [2.75, 3.05) is 6.54 Å². The van der Waals surface area contributed by atoms with Crippen molar-refractivity contribution in [2.24, 2.45) is 0 Å². The molecule has 18 heavy (non-hydrogen) atoms. The van der Waals surface area contributed by atoms with Crippen molar-refractivity contribution in [3.63, 3.8) is 0 Å². The second-order valence-corrected chi connectivity index (χ2v) is 5.27. The van der Waals surface area contributed by atoms with Gasteiger partial charge in [-0.05, 0) is 37.5 Å². The number of nitrogens with zero attached hydrogens (tertiary/aromatic N) is 1. The lowest BCUT2D eigenvalue weighted by atomic mass is 10.0. The normalized spacial score (nSPS) is 19.4. The topological polar surface area (TPSA) is 56.0 Å². The van der Waals surface area contributed by atoms with E-state index in [0.29, 0.717) is 12.1 Å². The highest BCUT2D eigenvalue weighted by Gasteiger charge is 2.30. The predicted octanol–water partition coefficient (Wildman–Crippen LogP) is 2.51. The molecule has 0 saturated heterocycles. The summed E-state index contributed by atoms with van der Waals surface area (Å²) in [6.07, 6.45) is 4.06. The minimum Gasteiger partial charge on any atom is -0.389 e. The molecule has 0 amide bonds. The minimum atomic E-state index is -0.513. The van der Waals surface area contributed by atoms with Gasteiger partial charge < -0.3 is 10.4 Å². The number of aliphatic hydroxyl groups is 1. The summed E-state index contributed by atoms with van der Waals surface area (Å²) in [4.78, 5) is 0. The molecule has 0 aliphatic heterocycles. The summed E-state index contributed by atoms with van der Waals surface area (Å²) >= 11 is 0. The fourth-order valence-corrected chi connectivity index (χ4v) is 2.52. The Kier molecular flexibility index (Phi) is 4.00. The molecule has 1 atom stereocenters. The van der Waals surface area contributed by atoms with Gasteiger partial charge in [0.25, 0.3) is 0 Å². The number of nitrogens with one attached hydrogen (secondary N) is 1. The first kappa shape index (κ1) is 13.1. The van der Waals surface area contributed by atoms with E-state index in [4.69, 9.17) is 5.26 Å². The van der Waals surface area contributed by atoms with E-state index in [0.717, 1.165) is 31.2 Å². The lowest BCUT2D eigenvalue weighted by Crippen LogP contribution is -2.39. The predicted molar refractivity (Wildman–Crippen MR) is 71.0 cm³/mol. The quantitative estimate of drug-likeness (QED) is 0.855. The summed E-state index contributed by atoms with van der Waals surface area (Å²) in [5.74, 6) is 0. The summed E-state index contributed by atoms with van der Waals surface area (Å²) in [5, 5.41) is 22.4. The molecule has 0 aromatic heterocycles. The van der Waals surface area contributed by atoms with Crippen molar-refractivity contribution in [1.29, 1.82) is 5.26 Å². The summed E-state index contributed by atoms with van der Waals surface area (Å²) in [5.41, 5.74) is 1.32. The molecular formula is C15H20N2O. The molecule has 0 heterocycles. The van der Waals surface area contributed by atoms with Crippen LogP contribution in [-0.4, -0.2) is 17.3 Å². The molecule has 0 spiro atoms. The van der Waals surface area contributed by atoms with Gasteiger partial charge in [0, 0.05) is 12.6 Å². The summed E-state index contributed by atoms with van der Waals surface area (Å²) < 4.78 is 0. The highest BCUT2D eigenvalue weighted by Crippen LogP contribution is 2.29. The van der Waals surface area contributed by atoms with Crippen LogP contribution in [0.4, 0.5) is 0 Å². The maximum absolute atomic E-state index is 10.3. The summed E-state index contributed by atoms with van der Waals surface area (Å²) in [6.45, 7) is 2.73. The number of hydrogen-bond acceptors (Lipinski definition) is 3. The van der Waals surface area contributed by atoms with E-state index in [1.807, 2.05) is 24.3 Å². The Balaban J connectivity index is 1.91. The van der Waals surface area contributed by atoms with Crippen LogP contribution in [0.15, 0.2) is 24.3 Å².